The van der Waals surface area contributed by atoms with E-state index in [-0.39, 0.29) is 5.82 Å². The molecule has 1 N–H and O–H groups in total. The molecule has 2 nitrogen and oxygen atoms in total. The zero-order valence-electron chi connectivity index (χ0n) is 8.41. The van der Waals surface area contributed by atoms with Gasteiger partial charge in [0.25, 0.3) is 0 Å². The van der Waals surface area contributed by atoms with Crippen molar-refractivity contribution in [1.82, 2.24) is 10.3 Å². The average molecular weight is 301 g/mol. The van der Waals surface area contributed by atoms with Gasteiger partial charge in [0, 0.05) is 24.7 Å². The van der Waals surface area contributed by atoms with Crippen LogP contribution in [0.5, 0.6) is 0 Å². The van der Waals surface area contributed by atoms with E-state index in [1.807, 2.05) is 11.4 Å². The molecule has 2 aromatic rings. The van der Waals surface area contributed by atoms with Gasteiger partial charge in [0.2, 0.25) is 0 Å². The summed E-state index contributed by atoms with van der Waals surface area (Å²) in [5, 5.41) is 6.20. The molecule has 0 atom stereocenters. The smallest absolute Gasteiger partial charge is 0.137 e. The van der Waals surface area contributed by atoms with Crippen LogP contribution in [0.15, 0.2) is 34.2 Å². The topological polar surface area (TPSA) is 24.9 Å². The highest BCUT2D eigenvalue weighted by Crippen LogP contribution is 2.16. The van der Waals surface area contributed by atoms with Gasteiger partial charge >= 0.3 is 0 Å². The van der Waals surface area contributed by atoms with Crippen molar-refractivity contribution in [3.8, 4) is 0 Å². The van der Waals surface area contributed by atoms with Gasteiger partial charge in [0.05, 0.1) is 4.47 Å². The number of aromatic nitrogens is 1. The standard InChI is InChI=1S/C11H10BrFN2S/c12-9-2-1-8(5-10(9)13)6-14-7-11-15-3-4-16-11/h1-5,14H,6-7H2. The third-order valence-electron chi connectivity index (χ3n) is 2.07. The highest BCUT2D eigenvalue weighted by Gasteiger charge is 2.00. The molecule has 1 heterocycles. The number of nitrogens with one attached hydrogen (secondary N) is 1. The van der Waals surface area contributed by atoms with Gasteiger partial charge in [0.15, 0.2) is 0 Å². The van der Waals surface area contributed by atoms with Crippen LogP contribution >= 0.6 is 27.3 Å². The minimum atomic E-state index is -0.228. The van der Waals surface area contributed by atoms with Gasteiger partial charge in [-0.15, -0.1) is 11.3 Å². The molecule has 16 heavy (non-hydrogen) atoms. The zero-order valence-corrected chi connectivity index (χ0v) is 10.8. The summed E-state index contributed by atoms with van der Waals surface area (Å²) in [4.78, 5) is 4.15. The zero-order chi connectivity index (χ0) is 11.4. The summed E-state index contributed by atoms with van der Waals surface area (Å²) in [7, 11) is 0. The maximum absolute atomic E-state index is 13.2. The maximum atomic E-state index is 13.2. The molecule has 1 aromatic carbocycles. The Kier molecular flexibility index (Phi) is 4.04. The molecule has 0 unspecified atom stereocenters. The van der Waals surface area contributed by atoms with Crippen LogP contribution < -0.4 is 5.32 Å². The first-order chi connectivity index (χ1) is 7.75. The number of nitrogens with zero attached hydrogens (tertiary/aromatic N) is 1. The normalized spacial score (nSPS) is 10.6. The molecule has 0 aliphatic heterocycles. The SMILES string of the molecule is Fc1cc(CNCc2nccs2)ccc1Br. The maximum Gasteiger partial charge on any atom is 0.137 e. The molecule has 0 amide bonds. The molecule has 2 rings (SSSR count). The molecule has 0 spiro atoms. The van der Waals surface area contributed by atoms with Gasteiger partial charge in [-0.2, -0.15) is 0 Å². The lowest BCUT2D eigenvalue weighted by molar-refractivity contribution is 0.613. The third kappa shape index (κ3) is 3.10. The first-order valence-electron chi connectivity index (χ1n) is 4.79. The van der Waals surface area contributed by atoms with E-state index in [2.05, 4.69) is 26.2 Å². The number of halogens is 2. The summed E-state index contributed by atoms with van der Waals surface area (Å²) in [5.41, 5.74) is 0.928. The summed E-state index contributed by atoms with van der Waals surface area (Å²) < 4.78 is 13.7. The van der Waals surface area contributed by atoms with Gasteiger partial charge < -0.3 is 5.32 Å². The van der Waals surface area contributed by atoms with Crippen molar-refractivity contribution in [2.24, 2.45) is 0 Å². The van der Waals surface area contributed by atoms with Gasteiger partial charge in [-0.1, -0.05) is 6.07 Å². The molecule has 0 radical (unpaired) electrons. The predicted molar refractivity (Wildman–Crippen MR) is 66.8 cm³/mol. The van der Waals surface area contributed by atoms with Gasteiger partial charge in [-0.05, 0) is 33.6 Å². The molecule has 0 saturated heterocycles. The molecule has 0 aliphatic rings. The van der Waals surface area contributed by atoms with Crippen LogP contribution in [0.4, 0.5) is 4.39 Å². The second kappa shape index (κ2) is 5.52. The van der Waals surface area contributed by atoms with Crippen molar-refractivity contribution >= 4 is 27.3 Å². The Labute approximate surface area is 106 Å². The van der Waals surface area contributed by atoms with E-state index < -0.39 is 0 Å². The lowest BCUT2D eigenvalue weighted by atomic mass is 10.2. The molecule has 5 heteroatoms. The molecule has 84 valence electrons. The van der Waals surface area contributed by atoms with Crippen molar-refractivity contribution < 1.29 is 4.39 Å². The van der Waals surface area contributed by atoms with Crippen molar-refractivity contribution in [2.75, 3.05) is 0 Å². The van der Waals surface area contributed by atoms with Crippen LogP contribution in [0.3, 0.4) is 0 Å². The Bertz CT molecular complexity index is 459. The van der Waals surface area contributed by atoms with E-state index in [1.165, 1.54) is 6.07 Å². The Morgan fingerprint density at radius 3 is 2.94 bits per heavy atom. The predicted octanol–water partition coefficient (Wildman–Crippen LogP) is 3.33. The molecule has 1 aromatic heterocycles. The average Bonchev–Trinajstić information content (AvgIpc) is 2.76. The molecule has 0 fully saturated rings. The molecular weight excluding hydrogens is 291 g/mol. The number of benzene rings is 1. The van der Waals surface area contributed by atoms with Crippen LogP contribution in [-0.4, -0.2) is 4.98 Å². The van der Waals surface area contributed by atoms with Crippen molar-refractivity contribution in [3.63, 3.8) is 0 Å². The number of hydrogen-bond donors (Lipinski definition) is 1. The van der Waals surface area contributed by atoms with Crippen LogP contribution in [0.1, 0.15) is 10.6 Å². The summed E-state index contributed by atoms with van der Waals surface area (Å²) in [5.74, 6) is -0.228. The molecule has 0 bridgehead atoms. The fourth-order valence-corrected chi connectivity index (χ4v) is 2.14. The summed E-state index contributed by atoms with van der Waals surface area (Å²) in [6, 6.07) is 5.14. The Morgan fingerprint density at radius 1 is 1.38 bits per heavy atom. The number of hydrogen-bond acceptors (Lipinski definition) is 3. The fourth-order valence-electron chi connectivity index (χ4n) is 1.30. The van der Waals surface area contributed by atoms with E-state index >= 15 is 0 Å². The minimum absolute atomic E-state index is 0.228. The second-order valence-corrected chi connectivity index (χ2v) is 5.11. The summed E-state index contributed by atoms with van der Waals surface area (Å²) in [6.07, 6.45) is 1.78. The van der Waals surface area contributed by atoms with E-state index in [0.717, 1.165) is 17.1 Å². The lowest BCUT2D eigenvalue weighted by Gasteiger charge is -2.03. The first kappa shape index (κ1) is 11.7. The molecular formula is C11H10BrFN2S. The summed E-state index contributed by atoms with van der Waals surface area (Å²) in [6.45, 7) is 1.36. The van der Waals surface area contributed by atoms with Crippen LogP contribution in [0, 0.1) is 5.82 Å². The third-order valence-corrected chi connectivity index (χ3v) is 3.50. The Morgan fingerprint density at radius 2 is 2.25 bits per heavy atom. The van der Waals surface area contributed by atoms with Gasteiger partial charge in [-0.3, -0.25) is 0 Å². The van der Waals surface area contributed by atoms with E-state index in [4.69, 9.17) is 0 Å². The quantitative estimate of drug-likeness (QED) is 0.937. The monoisotopic (exact) mass is 300 g/mol. The van der Waals surface area contributed by atoms with E-state index in [1.54, 1.807) is 23.6 Å². The van der Waals surface area contributed by atoms with Crippen LogP contribution in [-0.2, 0) is 13.1 Å². The Hall–Kier alpha value is -0.780. The number of thiazole rings is 1. The van der Waals surface area contributed by atoms with Gasteiger partial charge in [0.1, 0.15) is 10.8 Å². The van der Waals surface area contributed by atoms with Crippen molar-refractivity contribution in [1.29, 1.82) is 0 Å². The van der Waals surface area contributed by atoms with E-state index in [0.29, 0.717) is 11.0 Å². The summed E-state index contributed by atoms with van der Waals surface area (Å²) >= 11 is 4.73. The van der Waals surface area contributed by atoms with Gasteiger partial charge in [-0.25, -0.2) is 9.37 Å². The second-order valence-electron chi connectivity index (χ2n) is 3.28. The highest BCUT2D eigenvalue weighted by atomic mass is 79.9. The largest absolute Gasteiger partial charge is 0.306 e. The minimum Gasteiger partial charge on any atom is -0.306 e. The van der Waals surface area contributed by atoms with Crippen molar-refractivity contribution in [2.45, 2.75) is 13.1 Å². The molecule has 0 saturated carbocycles. The molecule has 0 aliphatic carbocycles. The first-order valence-corrected chi connectivity index (χ1v) is 6.46. The number of rotatable bonds is 4. The lowest BCUT2D eigenvalue weighted by Crippen LogP contribution is -2.12. The highest BCUT2D eigenvalue weighted by molar-refractivity contribution is 9.10. The van der Waals surface area contributed by atoms with Crippen LogP contribution in [0.2, 0.25) is 0 Å². The fraction of sp³-hybridized carbons (Fsp3) is 0.182. The Balaban J connectivity index is 1.87. The van der Waals surface area contributed by atoms with E-state index in [9.17, 15) is 4.39 Å². The van der Waals surface area contributed by atoms with Crippen molar-refractivity contribution in [3.05, 3.63) is 50.6 Å². The van der Waals surface area contributed by atoms with Crippen LogP contribution in [0.25, 0.3) is 0 Å².